The summed E-state index contributed by atoms with van der Waals surface area (Å²) in [7, 11) is -1.65. The number of carbonyl (C=O) groups is 1. The third-order valence-corrected chi connectivity index (χ3v) is 7.71. The Morgan fingerprint density at radius 1 is 1.20 bits per heavy atom. The Hall–Kier alpha value is -2.04. The first-order valence-corrected chi connectivity index (χ1v) is 13.8. The van der Waals surface area contributed by atoms with Gasteiger partial charge in [0.1, 0.15) is 11.5 Å². The number of sulfonamides is 1. The summed E-state index contributed by atoms with van der Waals surface area (Å²) in [6.45, 7) is 6.94. The number of benzene rings is 2. The maximum Gasteiger partial charge on any atom is 0.238 e. The number of carbonyl (C=O) groups excluding carboxylic acids is 1. The second-order valence-corrected chi connectivity index (χ2v) is 11.6. The minimum absolute atomic E-state index is 0.0303. The van der Waals surface area contributed by atoms with Crippen LogP contribution in [0.3, 0.4) is 0 Å². The van der Waals surface area contributed by atoms with E-state index in [1.54, 1.807) is 32.2 Å². The Kier molecular flexibility index (Phi) is 9.28. The van der Waals surface area contributed by atoms with E-state index in [-0.39, 0.29) is 46.0 Å². The minimum Gasteiger partial charge on any atom is -0.496 e. The first-order valence-electron chi connectivity index (χ1n) is 11.4. The average molecular weight is 545 g/mol. The van der Waals surface area contributed by atoms with Crippen LogP contribution in [0.25, 0.3) is 0 Å². The number of halogens is 2. The molecule has 0 aliphatic carbocycles. The fourth-order valence-corrected chi connectivity index (χ4v) is 5.32. The summed E-state index contributed by atoms with van der Waals surface area (Å²) < 4.78 is 37.5. The van der Waals surface area contributed by atoms with E-state index in [4.69, 9.17) is 32.7 Å². The van der Waals surface area contributed by atoms with Gasteiger partial charge in [0.15, 0.2) is 5.75 Å². The van der Waals surface area contributed by atoms with Crippen molar-refractivity contribution in [1.29, 1.82) is 0 Å². The summed E-state index contributed by atoms with van der Waals surface area (Å²) in [5.74, 6) is 1.64. The van der Waals surface area contributed by atoms with Crippen molar-refractivity contribution < 1.29 is 22.7 Å². The Morgan fingerprint density at radius 2 is 1.89 bits per heavy atom. The number of methoxy groups -OCH3 is 1. The van der Waals surface area contributed by atoms with E-state index >= 15 is 0 Å². The van der Waals surface area contributed by atoms with Gasteiger partial charge in [-0.1, -0.05) is 37.0 Å². The first-order chi connectivity index (χ1) is 16.5. The van der Waals surface area contributed by atoms with Crippen LogP contribution in [0.5, 0.6) is 17.2 Å². The SMILES string of the molecule is CCS(=O)(=O)N[C@H]1CCN(CC(=O)Nc2cc(Cl)c(Oc3ccc(OC)c(C(C)C)c3)c(Cl)c2)C1. The fraction of sp³-hybridized carbons (Fsp3) is 0.458. The van der Waals surface area contributed by atoms with Gasteiger partial charge in [0.25, 0.3) is 0 Å². The molecule has 1 saturated heterocycles. The summed E-state index contributed by atoms with van der Waals surface area (Å²) in [6, 6.07) is 8.46. The lowest BCUT2D eigenvalue weighted by molar-refractivity contribution is -0.117. The van der Waals surface area contributed by atoms with Gasteiger partial charge in [-0.05, 0) is 49.6 Å². The zero-order valence-electron chi connectivity index (χ0n) is 20.2. The van der Waals surface area contributed by atoms with Gasteiger partial charge >= 0.3 is 0 Å². The molecule has 0 aromatic heterocycles. The average Bonchev–Trinajstić information content (AvgIpc) is 3.21. The minimum atomic E-state index is -3.27. The van der Waals surface area contributed by atoms with E-state index in [0.717, 1.165) is 11.3 Å². The van der Waals surface area contributed by atoms with Crippen LogP contribution >= 0.6 is 23.2 Å². The van der Waals surface area contributed by atoms with Crippen LogP contribution in [-0.4, -0.2) is 57.8 Å². The monoisotopic (exact) mass is 543 g/mol. The molecule has 0 saturated carbocycles. The second kappa shape index (κ2) is 11.8. The number of nitrogens with zero attached hydrogens (tertiary/aromatic N) is 1. The molecule has 35 heavy (non-hydrogen) atoms. The maximum absolute atomic E-state index is 12.6. The molecule has 0 unspecified atom stereocenters. The van der Waals surface area contributed by atoms with Gasteiger partial charge in [-0.15, -0.1) is 0 Å². The maximum atomic E-state index is 12.6. The Bertz CT molecular complexity index is 1150. The predicted molar refractivity (Wildman–Crippen MR) is 140 cm³/mol. The molecular weight excluding hydrogens is 513 g/mol. The van der Waals surface area contributed by atoms with Crippen LogP contribution in [0.4, 0.5) is 5.69 Å². The normalized spacial score (nSPS) is 16.5. The van der Waals surface area contributed by atoms with Crippen LogP contribution < -0.4 is 19.5 Å². The van der Waals surface area contributed by atoms with Crippen molar-refractivity contribution in [2.75, 3.05) is 37.8 Å². The lowest BCUT2D eigenvalue weighted by atomic mass is 10.0. The molecule has 8 nitrogen and oxygen atoms in total. The number of nitrogens with one attached hydrogen (secondary N) is 2. The van der Waals surface area contributed by atoms with Gasteiger partial charge in [-0.2, -0.15) is 0 Å². The van der Waals surface area contributed by atoms with Gasteiger partial charge in [-0.25, -0.2) is 13.1 Å². The number of hydrogen-bond donors (Lipinski definition) is 2. The number of rotatable bonds is 10. The van der Waals surface area contributed by atoms with Gasteiger partial charge in [0.05, 0.1) is 29.5 Å². The van der Waals surface area contributed by atoms with Gasteiger partial charge in [-0.3, -0.25) is 9.69 Å². The summed E-state index contributed by atoms with van der Waals surface area (Å²) in [5.41, 5.74) is 1.44. The first kappa shape index (κ1) is 27.5. The number of amides is 1. The quantitative estimate of drug-likeness (QED) is 0.443. The molecule has 2 aromatic carbocycles. The van der Waals surface area contributed by atoms with E-state index in [0.29, 0.717) is 30.9 Å². The number of ether oxygens (including phenoxy) is 2. The molecule has 0 bridgehead atoms. The molecule has 1 aliphatic rings. The molecule has 0 radical (unpaired) electrons. The Balaban J connectivity index is 1.63. The summed E-state index contributed by atoms with van der Waals surface area (Å²) in [5, 5.41) is 3.30. The summed E-state index contributed by atoms with van der Waals surface area (Å²) in [6.07, 6.45) is 0.653. The predicted octanol–water partition coefficient (Wildman–Crippen LogP) is 4.87. The van der Waals surface area contributed by atoms with Crippen LogP contribution in [0.15, 0.2) is 30.3 Å². The molecule has 1 atom stereocenters. The van der Waals surface area contributed by atoms with Gasteiger partial charge < -0.3 is 14.8 Å². The molecular formula is C24H31Cl2N3O5S. The van der Waals surface area contributed by atoms with Crippen LogP contribution in [-0.2, 0) is 14.8 Å². The van der Waals surface area contributed by atoms with Crippen molar-refractivity contribution >= 4 is 44.8 Å². The highest BCUT2D eigenvalue weighted by Crippen LogP contribution is 2.40. The highest BCUT2D eigenvalue weighted by molar-refractivity contribution is 7.89. The number of hydrogen-bond acceptors (Lipinski definition) is 6. The molecule has 1 amide bonds. The van der Waals surface area contributed by atoms with Gasteiger partial charge in [0, 0.05) is 30.4 Å². The highest BCUT2D eigenvalue weighted by atomic mass is 35.5. The van der Waals surface area contributed by atoms with Gasteiger partial charge in [0.2, 0.25) is 15.9 Å². The lowest BCUT2D eigenvalue weighted by Gasteiger charge is -2.17. The molecule has 2 N–H and O–H groups in total. The number of anilines is 1. The van der Waals surface area contributed by atoms with Crippen LogP contribution in [0.1, 0.15) is 38.7 Å². The topological polar surface area (TPSA) is 97.0 Å². The molecule has 3 rings (SSSR count). The van der Waals surface area contributed by atoms with Crippen molar-refractivity contribution in [1.82, 2.24) is 9.62 Å². The second-order valence-electron chi connectivity index (χ2n) is 8.72. The Morgan fingerprint density at radius 3 is 2.49 bits per heavy atom. The van der Waals surface area contributed by atoms with E-state index < -0.39 is 10.0 Å². The fourth-order valence-electron chi connectivity index (χ4n) is 3.89. The zero-order valence-corrected chi connectivity index (χ0v) is 22.6. The van der Waals surface area contributed by atoms with Crippen LogP contribution in [0, 0.1) is 0 Å². The largest absolute Gasteiger partial charge is 0.496 e. The zero-order chi connectivity index (χ0) is 25.8. The standard InChI is InChI=1S/C24H31Cl2N3O5S/c1-5-35(31,32)28-16-8-9-29(13-16)14-23(30)27-17-10-20(25)24(21(26)11-17)34-18-6-7-22(33-4)19(12-18)15(2)3/h6-7,10-12,15-16,28H,5,8-9,13-14H2,1-4H3,(H,27,30)/t16-/m0/s1. The molecule has 2 aromatic rings. The van der Waals surface area contributed by atoms with E-state index in [9.17, 15) is 13.2 Å². The van der Waals surface area contributed by atoms with Crippen molar-refractivity contribution in [3.05, 3.63) is 45.9 Å². The van der Waals surface area contributed by atoms with E-state index in [2.05, 4.69) is 23.9 Å². The third-order valence-electron chi connectivity index (χ3n) is 5.69. The van der Waals surface area contributed by atoms with Crippen molar-refractivity contribution in [2.24, 2.45) is 0 Å². The third kappa shape index (κ3) is 7.47. The van der Waals surface area contributed by atoms with E-state index in [1.165, 1.54) is 0 Å². The Labute approximate surface area is 216 Å². The molecule has 11 heteroatoms. The molecule has 192 valence electrons. The van der Waals surface area contributed by atoms with E-state index in [1.807, 2.05) is 17.0 Å². The van der Waals surface area contributed by atoms with Crippen molar-refractivity contribution in [2.45, 2.75) is 39.2 Å². The van der Waals surface area contributed by atoms with Crippen LogP contribution in [0.2, 0.25) is 10.0 Å². The lowest BCUT2D eigenvalue weighted by Crippen LogP contribution is -2.39. The summed E-state index contributed by atoms with van der Waals surface area (Å²) >= 11 is 12.9. The van der Waals surface area contributed by atoms with Crippen molar-refractivity contribution in [3.63, 3.8) is 0 Å². The smallest absolute Gasteiger partial charge is 0.238 e. The number of likely N-dealkylation sites (tertiary alicyclic amines) is 1. The summed E-state index contributed by atoms with van der Waals surface area (Å²) in [4.78, 5) is 14.5. The molecule has 0 spiro atoms. The molecule has 1 aliphatic heterocycles. The molecule has 1 fully saturated rings. The van der Waals surface area contributed by atoms with Crippen molar-refractivity contribution in [3.8, 4) is 17.2 Å². The highest BCUT2D eigenvalue weighted by Gasteiger charge is 2.27. The molecule has 1 heterocycles.